The molecule has 3 rings (SSSR count). The van der Waals surface area contributed by atoms with E-state index in [-0.39, 0.29) is 5.92 Å². The molecule has 0 amide bonds. The van der Waals surface area contributed by atoms with Crippen LogP contribution in [0.3, 0.4) is 0 Å². The lowest BCUT2D eigenvalue weighted by Gasteiger charge is -2.36. The summed E-state index contributed by atoms with van der Waals surface area (Å²) in [6.45, 7) is 3.06. The molecule has 19 heavy (non-hydrogen) atoms. The first-order valence-electron chi connectivity index (χ1n) is 6.65. The second-order valence-electron chi connectivity index (χ2n) is 5.11. The number of para-hydroxylation sites is 1. The van der Waals surface area contributed by atoms with Crippen LogP contribution in [0, 0.1) is 17.2 Å². The van der Waals surface area contributed by atoms with Crippen LogP contribution in [-0.2, 0) is 0 Å². The molecule has 2 aromatic rings. The van der Waals surface area contributed by atoms with E-state index in [0.717, 1.165) is 36.1 Å². The number of nitriles is 1. The molecular weight excluding hydrogens is 236 g/mol. The molecule has 1 saturated heterocycles. The predicted octanol–water partition coefficient (Wildman–Crippen LogP) is 2.76. The molecule has 96 valence electrons. The zero-order valence-electron chi connectivity index (χ0n) is 11.0. The minimum absolute atomic E-state index is 0.180. The SMILES string of the molecule is C[C@H]1C[C@H](C#N)CCN1c1ncnc2ccccc12. The highest BCUT2D eigenvalue weighted by molar-refractivity contribution is 5.89. The Labute approximate surface area is 112 Å². The van der Waals surface area contributed by atoms with Gasteiger partial charge in [0.15, 0.2) is 0 Å². The molecule has 1 aromatic heterocycles. The molecule has 1 aliphatic heterocycles. The van der Waals surface area contributed by atoms with Gasteiger partial charge in [0.25, 0.3) is 0 Å². The summed E-state index contributed by atoms with van der Waals surface area (Å²) in [6.07, 6.45) is 3.45. The Balaban J connectivity index is 1.99. The molecule has 2 heterocycles. The summed E-state index contributed by atoms with van der Waals surface area (Å²) >= 11 is 0. The maximum atomic E-state index is 9.04. The van der Waals surface area contributed by atoms with E-state index in [4.69, 9.17) is 5.26 Å². The fourth-order valence-corrected chi connectivity index (χ4v) is 2.82. The largest absolute Gasteiger partial charge is 0.353 e. The first-order chi connectivity index (χ1) is 9.29. The molecule has 4 nitrogen and oxygen atoms in total. The molecule has 0 N–H and O–H groups in total. The van der Waals surface area contributed by atoms with Gasteiger partial charge in [0, 0.05) is 23.9 Å². The fraction of sp³-hybridized carbons (Fsp3) is 0.400. The van der Waals surface area contributed by atoms with E-state index in [0.29, 0.717) is 6.04 Å². The van der Waals surface area contributed by atoms with Crippen LogP contribution in [0.5, 0.6) is 0 Å². The van der Waals surface area contributed by atoms with Gasteiger partial charge in [-0.25, -0.2) is 9.97 Å². The zero-order chi connectivity index (χ0) is 13.2. The summed E-state index contributed by atoms with van der Waals surface area (Å²) in [6, 6.07) is 10.8. The number of hydrogen-bond acceptors (Lipinski definition) is 4. The normalized spacial score (nSPS) is 23.3. The number of anilines is 1. The van der Waals surface area contributed by atoms with Crippen molar-refractivity contribution in [2.45, 2.75) is 25.8 Å². The van der Waals surface area contributed by atoms with Gasteiger partial charge in [-0.05, 0) is 31.9 Å². The van der Waals surface area contributed by atoms with E-state index in [2.05, 4.69) is 33.9 Å². The van der Waals surface area contributed by atoms with Crippen molar-refractivity contribution in [3.8, 4) is 6.07 Å². The van der Waals surface area contributed by atoms with Crippen molar-refractivity contribution in [3.63, 3.8) is 0 Å². The predicted molar refractivity (Wildman–Crippen MR) is 74.7 cm³/mol. The van der Waals surface area contributed by atoms with Gasteiger partial charge in [0.2, 0.25) is 0 Å². The van der Waals surface area contributed by atoms with Gasteiger partial charge < -0.3 is 4.90 Å². The van der Waals surface area contributed by atoms with Crippen LogP contribution in [0.2, 0.25) is 0 Å². The Morgan fingerprint density at radius 2 is 2.16 bits per heavy atom. The first-order valence-corrected chi connectivity index (χ1v) is 6.65. The molecule has 1 fully saturated rings. The molecule has 2 atom stereocenters. The van der Waals surface area contributed by atoms with Crippen LogP contribution in [0.15, 0.2) is 30.6 Å². The molecule has 0 spiro atoms. The van der Waals surface area contributed by atoms with Crippen molar-refractivity contribution in [2.75, 3.05) is 11.4 Å². The van der Waals surface area contributed by atoms with Crippen LogP contribution < -0.4 is 4.90 Å². The summed E-state index contributed by atoms with van der Waals surface area (Å²) in [5.74, 6) is 1.17. The molecule has 1 aliphatic rings. The van der Waals surface area contributed by atoms with E-state index in [9.17, 15) is 0 Å². The molecule has 4 heteroatoms. The lowest BCUT2D eigenvalue weighted by Crippen LogP contribution is -2.41. The highest BCUT2D eigenvalue weighted by atomic mass is 15.2. The van der Waals surface area contributed by atoms with Crippen molar-refractivity contribution in [2.24, 2.45) is 5.92 Å². The molecule has 0 saturated carbocycles. The van der Waals surface area contributed by atoms with Gasteiger partial charge in [-0.15, -0.1) is 0 Å². The molecule has 0 radical (unpaired) electrons. The summed E-state index contributed by atoms with van der Waals surface area (Å²) in [4.78, 5) is 11.1. The Hall–Kier alpha value is -2.15. The molecule has 0 aliphatic carbocycles. The van der Waals surface area contributed by atoms with Crippen LogP contribution in [0.1, 0.15) is 19.8 Å². The minimum Gasteiger partial charge on any atom is -0.353 e. The Kier molecular flexibility index (Phi) is 3.04. The van der Waals surface area contributed by atoms with Gasteiger partial charge in [-0.1, -0.05) is 12.1 Å². The summed E-state index contributed by atoms with van der Waals surface area (Å²) in [5, 5.41) is 10.1. The Bertz CT molecular complexity index is 626. The van der Waals surface area contributed by atoms with Crippen molar-refractivity contribution in [1.29, 1.82) is 5.26 Å². The third-order valence-corrected chi connectivity index (χ3v) is 3.85. The van der Waals surface area contributed by atoms with Gasteiger partial charge in [0.05, 0.1) is 11.6 Å². The van der Waals surface area contributed by atoms with Gasteiger partial charge in [0.1, 0.15) is 12.1 Å². The number of aromatic nitrogens is 2. The third kappa shape index (κ3) is 2.12. The lowest BCUT2D eigenvalue weighted by atomic mass is 9.92. The number of piperidine rings is 1. The van der Waals surface area contributed by atoms with E-state index >= 15 is 0 Å². The molecule has 1 aromatic carbocycles. The van der Waals surface area contributed by atoms with Crippen molar-refractivity contribution in [3.05, 3.63) is 30.6 Å². The number of rotatable bonds is 1. The number of fused-ring (bicyclic) bond motifs is 1. The first kappa shape index (κ1) is 11.9. The van der Waals surface area contributed by atoms with Crippen LogP contribution in [0.25, 0.3) is 10.9 Å². The molecule has 0 bridgehead atoms. The maximum absolute atomic E-state index is 9.04. The number of benzene rings is 1. The van der Waals surface area contributed by atoms with Crippen LogP contribution >= 0.6 is 0 Å². The average molecular weight is 252 g/mol. The smallest absolute Gasteiger partial charge is 0.140 e. The second-order valence-corrected chi connectivity index (χ2v) is 5.11. The standard InChI is InChI=1S/C15H16N4/c1-11-8-12(9-16)6-7-19(11)15-13-4-2-3-5-14(13)17-10-18-15/h2-5,10-12H,6-8H2,1H3/t11-,12+/m0/s1. The quantitative estimate of drug-likeness (QED) is 0.783. The third-order valence-electron chi connectivity index (χ3n) is 3.85. The fourth-order valence-electron chi connectivity index (χ4n) is 2.82. The van der Waals surface area contributed by atoms with Gasteiger partial charge >= 0.3 is 0 Å². The number of hydrogen-bond donors (Lipinski definition) is 0. The van der Waals surface area contributed by atoms with Crippen molar-refractivity contribution in [1.82, 2.24) is 9.97 Å². The van der Waals surface area contributed by atoms with Crippen molar-refractivity contribution < 1.29 is 0 Å². The summed E-state index contributed by atoms with van der Waals surface area (Å²) in [7, 11) is 0. The van der Waals surface area contributed by atoms with Crippen LogP contribution in [0.4, 0.5) is 5.82 Å². The van der Waals surface area contributed by atoms with Crippen molar-refractivity contribution >= 4 is 16.7 Å². The lowest BCUT2D eigenvalue weighted by molar-refractivity contribution is 0.414. The van der Waals surface area contributed by atoms with E-state index in [1.807, 2.05) is 18.2 Å². The highest BCUT2D eigenvalue weighted by Crippen LogP contribution is 2.30. The topological polar surface area (TPSA) is 52.8 Å². The highest BCUT2D eigenvalue weighted by Gasteiger charge is 2.27. The van der Waals surface area contributed by atoms with Gasteiger partial charge in [-0.2, -0.15) is 5.26 Å². The molecular formula is C15H16N4. The summed E-state index contributed by atoms with van der Waals surface area (Å²) < 4.78 is 0. The van der Waals surface area contributed by atoms with Crippen LogP contribution in [-0.4, -0.2) is 22.6 Å². The average Bonchev–Trinajstić information content (AvgIpc) is 2.46. The number of nitrogens with zero attached hydrogens (tertiary/aromatic N) is 4. The van der Waals surface area contributed by atoms with E-state index in [1.165, 1.54) is 0 Å². The maximum Gasteiger partial charge on any atom is 0.140 e. The molecule has 0 unspecified atom stereocenters. The van der Waals surface area contributed by atoms with Gasteiger partial charge in [-0.3, -0.25) is 0 Å². The monoisotopic (exact) mass is 252 g/mol. The Morgan fingerprint density at radius 3 is 2.95 bits per heavy atom. The second kappa shape index (κ2) is 4.85. The van der Waals surface area contributed by atoms with E-state index in [1.54, 1.807) is 6.33 Å². The minimum atomic E-state index is 0.180. The van der Waals surface area contributed by atoms with E-state index < -0.39 is 0 Å². The summed E-state index contributed by atoms with van der Waals surface area (Å²) in [5.41, 5.74) is 0.974. The zero-order valence-corrected chi connectivity index (χ0v) is 11.0. The Morgan fingerprint density at radius 1 is 1.32 bits per heavy atom.